The average Bonchev–Trinajstić information content (AvgIpc) is 3.06. The van der Waals surface area contributed by atoms with Crippen LogP contribution in [0.3, 0.4) is 0 Å². The fourth-order valence-electron chi connectivity index (χ4n) is 4.43. The maximum Gasteiger partial charge on any atom is 0.264 e. The highest BCUT2D eigenvalue weighted by Crippen LogP contribution is 2.44. The SMILES string of the molecule is O=C(CC1(O)C(=O)N(Cc2ccccc2)c2ccc(Cl)cc21)c1ccc(-c2ccccc2)cc1. The number of hydrogen-bond donors (Lipinski definition) is 1. The Kier molecular flexibility index (Phi) is 5.78. The highest BCUT2D eigenvalue weighted by atomic mass is 35.5. The van der Waals surface area contributed by atoms with Crippen molar-refractivity contribution in [2.24, 2.45) is 0 Å². The third kappa shape index (κ3) is 4.03. The van der Waals surface area contributed by atoms with Crippen LogP contribution in [0.5, 0.6) is 0 Å². The lowest BCUT2D eigenvalue weighted by molar-refractivity contribution is -0.136. The largest absolute Gasteiger partial charge is 0.375 e. The van der Waals surface area contributed by atoms with Crippen molar-refractivity contribution >= 4 is 29.0 Å². The lowest BCUT2D eigenvalue weighted by atomic mass is 9.88. The summed E-state index contributed by atoms with van der Waals surface area (Å²) >= 11 is 6.21. The Morgan fingerprint density at radius 3 is 2.12 bits per heavy atom. The van der Waals surface area contributed by atoms with Gasteiger partial charge >= 0.3 is 0 Å². The summed E-state index contributed by atoms with van der Waals surface area (Å²) in [4.78, 5) is 28.2. The first-order valence-corrected chi connectivity index (χ1v) is 11.4. The second-order valence-electron chi connectivity index (χ2n) is 8.44. The molecule has 1 unspecified atom stereocenters. The predicted molar refractivity (Wildman–Crippen MR) is 134 cm³/mol. The van der Waals surface area contributed by atoms with Crippen molar-refractivity contribution in [3.8, 4) is 11.1 Å². The predicted octanol–water partition coefficient (Wildman–Crippen LogP) is 6.01. The second kappa shape index (κ2) is 8.90. The number of aliphatic hydroxyl groups is 1. The fraction of sp³-hybridized carbons (Fsp3) is 0.103. The van der Waals surface area contributed by atoms with Crippen molar-refractivity contribution in [3.63, 3.8) is 0 Å². The van der Waals surface area contributed by atoms with E-state index in [4.69, 9.17) is 11.6 Å². The van der Waals surface area contributed by atoms with E-state index < -0.39 is 11.5 Å². The molecule has 5 heteroatoms. The third-order valence-corrected chi connectivity index (χ3v) is 6.44. The van der Waals surface area contributed by atoms with Gasteiger partial charge < -0.3 is 10.0 Å². The van der Waals surface area contributed by atoms with Crippen LogP contribution in [0.1, 0.15) is 27.9 Å². The molecule has 0 saturated carbocycles. The highest BCUT2D eigenvalue weighted by Gasteiger charge is 2.51. The summed E-state index contributed by atoms with van der Waals surface area (Å²) in [6, 6.07) is 31.6. The molecule has 1 amide bonds. The van der Waals surface area contributed by atoms with Crippen molar-refractivity contribution in [2.45, 2.75) is 18.6 Å². The van der Waals surface area contributed by atoms with Gasteiger partial charge in [0.15, 0.2) is 11.4 Å². The number of hydrogen-bond acceptors (Lipinski definition) is 3. The number of carbonyl (C=O) groups is 2. The van der Waals surface area contributed by atoms with Gasteiger partial charge in [-0.05, 0) is 34.9 Å². The number of amides is 1. The minimum absolute atomic E-state index is 0.288. The van der Waals surface area contributed by atoms with E-state index in [1.807, 2.05) is 72.8 Å². The first-order chi connectivity index (χ1) is 16.5. The summed E-state index contributed by atoms with van der Waals surface area (Å²) in [7, 11) is 0. The molecule has 4 aromatic rings. The van der Waals surface area contributed by atoms with Crippen LogP contribution in [0, 0.1) is 0 Å². The number of fused-ring (bicyclic) bond motifs is 1. The van der Waals surface area contributed by atoms with E-state index in [0.29, 0.717) is 21.8 Å². The van der Waals surface area contributed by atoms with Gasteiger partial charge in [0.05, 0.1) is 18.7 Å². The van der Waals surface area contributed by atoms with Gasteiger partial charge in [0.2, 0.25) is 0 Å². The number of nitrogens with zero attached hydrogens (tertiary/aromatic N) is 1. The number of anilines is 1. The van der Waals surface area contributed by atoms with Crippen LogP contribution >= 0.6 is 11.6 Å². The van der Waals surface area contributed by atoms with Crippen LogP contribution in [0.4, 0.5) is 5.69 Å². The van der Waals surface area contributed by atoms with Crippen molar-refractivity contribution in [2.75, 3.05) is 4.90 Å². The van der Waals surface area contributed by atoms with Gasteiger partial charge in [-0.1, -0.05) is 96.5 Å². The Bertz CT molecular complexity index is 1350. The minimum atomic E-state index is -1.98. The van der Waals surface area contributed by atoms with E-state index in [1.165, 1.54) is 4.90 Å². The molecule has 4 aromatic carbocycles. The molecule has 1 N–H and O–H groups in total. The molecule has 0 saturated heterocycles. The van der Waals surface area contributed by atoms with E-state index in [0.717, 1.165) is 16.7 Å². The molecule has 0 aromatic heterocycles. The molecule has 0 bridgehead atoms. The lowest BCUT2D eigenvalue weighted by Gasteiger charge is -2.23. The Morgan fingerprint density at radius 1 is 0.824 bits per heavy atom. The van der Waals surface area contributed by atoms with Crippen molar-refractivity contribution in [1.82, 2.24) is 0 Å². The third-order valence-electron chi connectivity index (χ3n) is 6.21. The number of ketones is 1. The molecule has 4 nitrogen and oxygen atoms in total. The van der Waals surface area contributed by atoms with Gasteiger partial charge in [0, 0.05) is 16.1 Å². The van der Waals surface area contributed by atoms with Crippen LogP contribution in [-0.2, 0) is 16.9 Å². The fourth-order valence-corrected chi connectivity index (χ4v) is 4.60. The van der Waals surface area contributed by atoms with Crippen LogP contribution < -0.4 is 4.90 Å². The molecule has 1 heterocycles. The molecular formula is C29H22ClNO3. The number of benzene rings is 4. The van der Waals surface area contributed by atoms with Gasteiger partial charge in [-0.25, -0.2) is 0 Å². The van der Waals surface area contributed by atoms with Gasteiger partial charge in [-0.2, -0.15) is 0 Å². The molecule has 0 fully saturated rings. The quantitative estimate of drug-likeness (QED) is 0.353. The molecule has 5 rings (SSSR count). The van der Waals surface area contributed by atoms with Crippen LogP contribution in [0.25, 0.3) is 11.1 Å². The van der Waals surface area contributed by atoms with Gasteiger partial charge in [-0.15, -0.1) is 0 Å². The van der Waals surface area contributed by atoms with Gasteiger partial charge in [0.25, 0.3) is 5.91 Å². The molecule has 1 aliphatic rings. The number of rotatable bonds is 6. The van der Waals surface area contributed by atoms with E-state index in [9.17, 15) is 14.7 Å². The van der Waals surface area contributed by atoms with E-state index >= 15 is 0 Å². The number of halogens is 1. The number of Topliss-reactive ketones (excluding diaryl/α,β-unsaturated/α-hetero) is 1. The second-order valence-corrected chi connectivity index (χ2v) is 8.88. The molecule has 0 spiro atoms. The monoisotopic (exact) mass is 467 g/mol. The van der Waals surface area contributed by atoms with Crippen LogP contribution in [-0.4, -0.2) is 16.8 Å². The first kappa shape index (κ1) is 22.1. The van der Waals surface area contributed by atoms with E-state index in [-0.39, 0.29) is 18.7 Å². The Labute approximate surface area is 203 Å². The molecule has 168 valence electrons. The van der Waals surface area contributed by atoms with Crippen molar-refractivity contribution in [3.05, 3.63) is 125 Å². The molecule has 0 radical (unpaired) electrons. The van der Waals surface area contributed by atoms with Crippen molar-refractivity contribution < 1.29 is 14.7 Å². The first-order valence-electron chi connectivity index (χ1n) is 11.0. The zero-order valence-electron chi connectivity index (χ0n) is 18.3. The summed E-state index contributed by atoms with van der Waals surface area (Å²) in [6.07, 6.45) is -0.366. The standard InChI is InChI=1S/C29H22ClNO3/c30-24-15-16-26-25(17-24)29(34,28(33)31(26)19-20-7-3-1-4-8-20)18-27(32)23-13-11-22(12-14-23)21-9-5-2-6-10-21/h1-17,34H,18-19H2. The van der Waals surface area contributed by atoms with Gasteiger partial charge in [0.1, 0.15) is 0 Å². The van der Waals surface area contributed by atoms with E-state index in [2.05, 4.69) is 0 Å². The minimum Gasteiger partial charge on any atom is -0.375 e. The molecule has 0 aliphatic carbocycles. The van der Waals surface area contributed by atoms with E-state index in [1.54, 1.807) is 30.3 Å². The average molecular weight is 468 g/mol. The summed E-state index contributed by atoms with van der Waals surface area (Å²) in [6.45, 7) is 0.288. The Morgan fingerprint density at radius 2 is 1.44 bits per heavy atom. The molecule has 1 atom stereocenters. The molecule has 1 aliphatic heterocycles. The molecule has 34 heavy (non-hydrogen) atoms. The summed E-state index contributed by atoms with van der Waals surface area (Å²) in [5.74, 6) is -0.842. The highest BCUT2D eigenvalue weighted by molar-refractivity contribution is 6.31. The topological polar surface area (TPSA) is 57.6 Å². The van der Waals surface area contributed by atoms with Crippen LogP contribution in [0.2, 0.25) is 5.02 Å². The maximum atomic E-state index is 13.5. The summed E-state index contributed by atoms with van der Waals surface area (Å²) in [5, 5.41) is 12.0. The lowest BCUT2D eigenvalue weighted by Crippen LogP contribution is -2.41. The van der Waals surface area contributed by atoms with Crippen molar-refractivity contribution in [1.29, 1.82) is 0 Å². The van der Waals surface area contributed by atoms with Crippen LogP contribution in [0.15, 0.2) is 103 Å². The summed E-state index contributed by atoms with van der Waals surface area (Å²) in [5.41, 5.74) is 2.33. The number of carbonyl (C=O) groups excluding carboxylic acids is 2. The zero-order chi connectivity index (χ0) is 23.7. The zero-order valence-corrected chi connectivity index (χ0v) is 19.1. The molecular weight excluding hydrogens is 446 g/mol. The smallest absolute Gasteiger partial charge is 0.264 e. The van der Waals surface area contributed by atoms with Gasteiger partial charge in [-0.3, -0.25) is 9.59 Å². The maximum absolute atomic E-state index is 13.5. The summed E-state index contributed by atoms with van der Waals surface area (Å²) < 4.78 is 0. The normalized spacial score (nSPS) is 17.0. The Hall–Kier alpha value is -3.73. The Balaban J connectivity index is 1.44.